The zero-order chi connectivity index (χ0) is 24.4. The fourth-order valence-corrected chi connectivity index (χ4v) is 4.82. The van der Waals surface area contributed by atoms with Gasteiger partial charge in [0.2, 0.25) is 5.91 Å². The fourth-order valence-electron chi connectivity index (χ4n) is 4.82. The van der Waals surface area contributed by atoms with E-state index in [-0.39, 0.29) is 17.6 Å². The summed E-state index contributed by atoms with van der Waals surface area (Å²) in [6.07, 6.45) is 6.42. The van der Waals surface area contributed by atoms with Crippen molar-refractivity contribution in [2.24, 2.45) is 0 Å². The van der Waals surface area contributed by atoms with Crippen LogP contribution in [0.1, 0.15) is 53.6 Å². The fraction of sp³-hybridized carbons (Fsp3) is 0.370. The summed E-state index contributed by atoms with van der Waals surface area (Å²) in [5.41, 5.74) is 3.33. The standard InChI is InChI=1S/C27H30FN5O2/c1-18(34)32-11-9-23(10-12-32)30-26-14-25(26)20-3-2-4-21(13-20)27(35)31-24-15-29-33(17-24)16-19-5-7-22(28)8-6-19/h2-8,13,15,17,23,25-26,30H,9-12,14,16H2,1H3,(H,31,35)/t25-,26+/m0/s1. The van der Waals surface area contributed by atoms with E-state index in [2.05, 4.69) is 21.8 Å². The molecule has 0 spiro atoms. The molecule has 2 amide bonds. The van der Waals surface area contributed by atoms with Gasteiger partial charge in [-0.1, -0.05) is 24.3 Å². The van der Waals surface area contributed by atoms with Gasteiger partial charge in [0.25, 0.3) is 5.91 Å². The second kappa shape index (κ2) is 10.00. The first-order chi connectivity index (χ1) is 16.9. The number of nitrogens with one attached hydrogen (secondary N) is 2. The zero-order valence-electron chi connectivity index (χ0n) is 19.8. The third-order valence-electron chi connectivity index (χ3n) is 6.91. The first kappa shape index (κ1) is 23.2. The number of carbonyl (C=O) groups excluding carboxylic acids is 2. The van der Waals surface area contributed by atoms with Crippen molar-refractivity contribution in [1.29, 1.82) is 0 Å². The Morgan fingerprint density at radius 1 is 1.11 bits per heavy atom. The van der Waals surface area contributed by atoms with Crippen LogP contribution in [0, 0.1) is 5.82 Å². The van der Waals surface area contributed by atoms with Crippen molar-refractivity contribution in [3.63, 3.8) is 0 Å². The van der Waals surface area contributed by atoms with Crippen LogP contribution in [0.5, 0.6) is 0 Å². The molecule has 1 saturated heterocycles. The Bertz CT molecular complexity index is 1200. The highest BCUT2D eigenvalue weighted by molar-refractivity contribution is 6.04. The predicted octanol–water partition coefficient (Wildman–Crippen LogP) is 3.78. The van der Waals surface area contributed by atoms with Crippen molar-refractivity contribution in [2.75, 3.05) is 18.4 Å². The molecule has 1 aromatic heterocycles. The van der Waals surface area contributed by atoms with E-state index in [1.54, 1.807) is 36.1 Å². The Morgan fingerprint density at radius 2 is 1.89 bits per heavy atom. The van der Waals surface area contributed by atoms with Gasteiger partial charge in [0.15, 0.2) is 0 Å². The number of piperidine rings is 1. The summed E-state index contributed by atoms with van der Waals surface area (Å²) < 4.78 is 14.8. The van der Waals surface area contributed by atoms with Gasteiger partial charge < -0.3 is 15.5 Å². The molecule has 3 aromatic rings. The molecule has 2 atom stereocenters. The molecule has 2 aliphatic rings. The van der Waals surface area contributed by atoms with Gasteiger partial charge in [-0.2, -0.15) is 5.10 Å². The lowest BCUT2D eigenvalue weighted by atomic mass is 10.0. The van der Waals surface area contributed by atoms with Crippen molar-refractivity contribution in [2.45, 2.75) is 50.7 Å². The monoisotopic (exact) mass is 475 g/mol. The van der Waals surface area contributed by atoms with Crippen LogP contribution in [0.2, 0.25) is 0 Å². The number of aromatic nitrogens is 2. The minimum atomic E-state index is -0.271. The smallest absolute Gasteiger partial charge is 0.255 e. The van der Waals surface area contributed by atoms with Crippen molar-refractivity contribution in [3.05, 3.63) is 83.4 Å². The van der Waals surface area contributed by atoms with Gasteiger partial charge in [-0.25, -0.2) is 4.39 Å². The maximum atomic E-state index is 13.1. The van der Waals surface area contributed by atoms with Crippen molar-refractivity contribution in [3.8, 4) is 0 Å². The van der Waals surface area contributed by atoms with Crippen LogP contribution in [0.3, 0.4) is 0 Å². The lowest BCUT2D eigenvalue weighted by Gasteiger charge is -2.32. The van der Waals surface area contributed by atoms with Crippen LogP contribution in [0.4, 0.5) is 10.1 Å². The van der Waals surface area contributed by atoms with Gasteiger partial charge in [-0.3, -0.25) is 14.3 Å². The summed E-state index contributed by atoms with van der Waals surface area (Å²) in [5, 5.41) is 11.0. The van der Waals surface area contributed by atoms with Crippen LogP contribution in [-0.2, 0) is 11.3 Å². The average Bonchev–Trinajstić information content (AvgIpc) is 3.49. The summed E-state index contributed by atoms with van der Waals surface area (Å²) >= 11 is 0. The molecule has 35 heavy (non-hydrogen) atoms. The normalized spacial score (nSPS) is 20.0. The lowest BCUT2D eigenvalue weighted by molar-refractivity contribution is -0.129. The van der Waals surface area contributed by atoms with Crippen LogP contribution in [0.15, 0.2) is 60.9 Å². The number of rotatable bonds is 7. The molecule has 1 aliphatic heterocycles. The molecule has 2 heterocycles. The van der Waals surface area contributed by atoms with Gasteiger partial charge in [0.1, 0.15) is 5.82 Å². The second-order valence-corrected chi connectivity index (χ2v) is 9.53. The molecule has 182 valence electrons. The van der Waals surface area contributed by atoms with Crippen LogP contribution >= 0.6 is 0 Å². The van der Waals surface area contributed by atoms with E-state index in [9.17, 15) is 14.0 Å². The Labute approximate surface area is 204 Å². The molecule has 0 unspecified atom stereocenters. The third kappa shape index (κ3) is 5.77. The Balaban J connectivity index is 1.14. The molecule has 2 aromatic carbocycles. The van der Waals surface area contributed by atoms with E-state index in [1.165, 1.54) is 17.7 Å². The molecule has 2 fully saturated rings. The molecule has 0 radical (unpaired) electrons. The number of carbonyl (C=O) groups is 2. The summed E-state index contributed by atoms with van der Waals surface area (Å²) in [7, 11) is 0. The summed E-state index contributed by atoms with van der Waals surface area (Å²) in [6.45, 7) is 3.77. The molecule has 8 heteroatoms. The Morgan fingerprint density at radius 3 is 2.63 bits per heavy atom. The number of nitrogens with zero attached hydrogens (tertiary/aromatic N) is 3. The lowest BCUT2D eigenvalue weighted by Crippen LogP contribution is -2.45. The SMILES string of the molecule is CC(=O)N1CCC(N[C@@H]2C[C@H]2c2cccc(C(=O)Nc3cnn(Cc4ccc(F)cc4)c3)c2)CC1. The largest absolute Gasteiger partial charge is 0.343 e. The van der Waals surface area contributed by atoms with Crippen molar-refractivity contribution in [1.82, 2.24) is 20.0 Å². The molecule has 2 N–H and O–H groups in total. The maximum absolute atomic E-state index is 13.1. The Hall–Kier alpha value is -3.52. The van der Waals surface area contributed by atoms with E-state index < -0.39 is 0 Å². The molecular formula is C27H30FN5O2. The highest BCUT2D eigenvalue weighted by Gasteiger charge is 2.40. The average molecular weight is 476 g/mol. The number of amides is 2. The van der Waals surface area contributed by atoms with E-state index in [4.69, 9.17) is 0 Å². The maximum Gasteiger partial charge on any atom is 0.255 e. The van der Waals surface area contributed by atoms with Gasteiger partial charge in [0.05, 0.1) is 18.4 Å². The van der Waals surface area contributed by atoms with Crippen LogP contribution in [-0.4, -0.2) is 51.7 Å². The molecule has 0 bridgehead atoms. The third-order valence-corrected chi connectivity index (χ3v) is 6.91. The van der Waals surface area contributed by atoms with Gasteiger partial charge in [-0.15, -0.1) is 0 Å². The van der Waals surface area contributed by atoms with Crippen molar-refractivity contribution >= 4 is 17.5 Å². The molecule has 7 nitrogen and oxygen atoms in total. The highest BCUT2D eigenvalue weighted by Crippen LogP contribution is 2.41. The minimum Gasteiger partial charge on any atom is -0.343 e. The molecule has 1 saturated carbocycles. The zero-order valence-corrected chi connectivity index (χ0v) is 19.8. The van der Waals surface area contributed by atoms with E-state index in [0.717, 1.165) is 37.9 Å². The van der Waals surface area contributed by atoms with Gasteiger partial charge >= 0.3 is 0 Å². The number of hydrogen-bond donors (Lipinski definition) is 2. The summed E-state index contributed by atoms with van der Waals surface area (Å²) in [5.74, 6) is 0.123. The first-order valence-electron chi connectivity index (χ1n) is 12.1. The molecular weight excluding hydrogens is 445 g/mol. The number of anilines is 1. The summed E-state index contributed by atoms with van der Waals surface area (Å²) in [6, 6.07) is 15.0. The highest BCUT2D eigenvalue weighted by atomic mass is 19.1. The van der Waals surface area contributed by atoms with Crippen LogP contribution < -0.4 is 10.6 Å². The van der Waals surface area contributed by atoms with E-state index in [1.807, 2.05) is 23.1 Å². The van der Waals surface area contributed by atoms with Crippen LogP contribution in [0.25, 0.3) is 0 Å². The molecule has 1 aliphatic carbocycles. The Kier molecular flexibility index (Phi) is 6.63. The topological polar surface area (TPSA) is 79.3 Å². The quantitative estimate of drug-likeness (QED) is 0.545. The number of halogens is 1. The minimum absolute atomic E-state index is 0.156. The second-order valence-electron chi connectivity index (χ2n) is 9.53. The number of likely N-dealkylation sites (tertiary alicyclic amines) is 1. The summed E-state index contributed by atoms with van der Waals surface area (Å²) in [4.78, 5) is 26.3. The van der Waals surface area contributed by atoms with Gasteiger partial charge in [0, 0.05) is 49.8 Å². The van der Waals surface area contributed by atoms with Crippen molar-refractivity contribution < 1.29 is 14.0 Å². The van der Waals surface area contributed by atoms with Gasteiger partial charge in [-0.05, 0) is 54.7 Å². The number of benzene rings is 2. The van der Waals surface area contributed by atoms with E-state index >= 15 is 0 Å². The predicted molar refractivity (Wildman–Crippen MR) is 132 cm³/mol. The molecule has 5 rings (SSSR count). The first-order valence-corrected chi connectivity index (χ1v) is 12.1. The van der Waals surface area contributed by atoms with E-state index in [0.29, 0.717) is 35.8 Å². The number of hydrogen-bond acceptors (Lipinski definition) is 4.